The van der Waals surface area contributed by atoms with E-state index in [1.807, 2.05) is 0 Å². The van der Waals surface area contributed by atoms with E-state index in [1.54, 1.807) is 0 Å². The van der Waals surface area contributed by atoms with Crippen LogP contribution >= 0.6 is 11.6 Å². The molecule has 7 heteroatoms. The molecule has 58 valence electrons. The van der Waals surface area contributed by atoms with Gasteiger partial charge in [0.15, 0.2) is 5.57 Å². The Hall–Kier alpha value is -0.330. The quantitative estimate of drug-likeness (QED) is 0.248. The second-order valence-electron chi connectivity index (χ2n) is 1.44. The predicted molar refractivity (Wildman–Crippen MR) is 31.7 cm³/mol. The van der Waals surface area contributed by atoms with Crippen molar-refractivity contribution in [2.45, 2.75) is 5.38 Å². The molecule has 0 saturated carbocycles. The zero-order valence-corrected chi connectivity index (χ0v) is 8.73. The average Bonchev–Trinajstić information content (AvgIpc) is 1.88. The maximum atomic E-state index is 11.9. The van der Waals surface area contributed by atoms with Crippen LogP contribution in [0.3, 0.4) is 0 Å². The Morgan fingerprint density at radius 1 is 1.33 bits per heavy atom. The van der Waals surface area contributed by atoms with Gasteiger partial charge < -0.3 is 5.11 Å². The number of rotatable bonds is 1. The molecule has 0 atom stereocenters. The van der Waals surface area contributed by atoms with Crippen LogP contribution in [0.5, 0.6) is 0 Å². The predicted octanol–water partition coefficient (Wildman–Crippen LogP) is -1.32. The Bertz CT molecular complexity index is 257. The number of aliphatic hydroxyl groups excluding tert-OH is 1. The number of allylic oxidation sites excluding steroid dienone is 2. The van der Waals surface area contributed by atoms with Gasteiger partial charge >= 0.3 is 34.9 Å². The van der Waals surface area contributed by atoms with Gasteiger partial charge in [-0.15, -0.1) is 0 Å². The van der Waals surface area contributed by atoms with Gasteiger partial charge in [0.2, 0.25) is 5.76 Å². The zero-order valence-electron chi connectivity index (χ0n) is 5.98. The van der Waals surface area contributed by atoms with Gasteiger partial charge in [0, 0.05) is 0 Å². The van der Waals surface area contributed by atoms with Crippen molar-refractivity contribution < 1.29 is 43.4 Å². The summed E-state index contributed by atoms with van der Waals surface area (Å²) in [6, 6.07) is 2.12. The molecule has 0 aromatic rings. The van der Waals surface area contributed by atoms with E-state index < -0.39 is 16.7 Å². The first-order valence-corrected chi connectivity index (χ1v) is 2.62. The van der Waals surface area contributed by atoms with Gasteiger partial charge in [-0.2, -0.15) is 19.3 Å². The van der Waals surface area contributed by atoms with Crippen LogP contribution in [0.1, 0.15) is 0 Å². The van der Waals surface area contributed by atoms with Crippen molar-refractivity contribution in [3.63, 3.8) is 0 Å². The first-order chi connectivity index (χ1) is 4.93. The van der Waals surface area contributed by atoms with Crippen LogP contribution < -0.4 is 29.6 Å². The Morgan fingerprint density at radius 2 is 1.67 bits per heavy atom. The van der Waals surface area contributed by atoms with Crippen molar-refractivity contribution in [1.29, 1.82) is 10.5 Å². The Morgan fingerprint density at radius 3 is 1.75 bits per heavy atom. The normalized spacial score (nSPS) is 8.75. The standard InChI is InChI=1S/C5HClF2N2O.Na/c6-5(7,8)4(11)3(1-9)2-10;/h11H;/q;+1. The number of hydrogen-bond acceptors (Lipinski definition) is 3. The monoisotopic (exact) mass is 201 g/mol. The third kappa shape index (κ3) is 3.89. The molecule has 0 aliphatic heterocycles. The molecule has 0 spiro atoms. The van der Waals surface area contributed by atoms with E-state index in [4.69, 9.17) is 15.6 Å². The minimum Gasteiger partial charge on any atom is -0.504 e. The van der Waals surface area contributed by atoms with Crippen LogP contribution in [0.25, 0.3) is 0 Å². The Labute approximate surface area is 94.1 Å². The molecule has 0 radical (unpaired) electrons. The molecule has 0 rings (SSSR count). The van der Waals surface area contributed by atoms with Crippen LogP contribution in [0.15, 0.2) is 11.3 Å². The molecule has 1 N–H and O–H groups in total. The summed E-state index contributed by atoms with van der Waals surface area (Å²) in [5.74, 6) is -1.72. The van der Waals surface area contributed by atoms with Crippen molar-refractivity contribution in [2.75, 3.05) is 0 Å². The zero-order chi connectivity index (χ0) is 9.07. The molecule has 0 bridgehead atoms. The largest absolute Gasteiger partial charge is 1.00 e. The third-order valence-corrected chi connectivity index (χ3v) is 0.908. The second-order valence-corrected chi connectivity index (χ2v) is 1.92. The minimum atomic E-state index is -4.05. The molecular weight excluding hydrogens is 201 g/mol. The topological polar surface area (TPSA) is 67.8 Å². The van der Waals surface area contributed by atoms with Gasteiger partial charge in [-0.3, -0.25) is 0 Å². The van der Waals surface area contributed by atoms with Gasteiger partial charge in [-0.1, -0.05) is 0 Å². The van der Waals surface area contributed by atoms with Crippen molar-refractivity contribution in [2.24, 2.45) is 0 Å². The van der Waals surface area contributed by atoms with Crippen LogP contribution in [0, 0.1) is 22.7 Å². The maximum Gasteiger partial charge on any atom is 1.00 e. The van der Waals surface area contributed by atoms with E-state index >= 15 is 0 Å². The number of hydrogen-bond donors (Lipinski definition) is 1. The fourth-order valence-electron chi connectivity index (χ4n) is 0.273. The van der Waals surface area contributed by atoms with Crippen LogP contribution in [0.2, 0.25) is 0 Å². The molecule has 0 fully saturated rings. The molecule has 0 aromatic heterocycles. The first-order valence-electron chi connectivity index (χ1n) is 2.24. The van der Waals surface area contributed by atoms with Gasteiger partial charge in [-0.05, 0) is 11.6 Å². The van der Waals surface area contributed by atoms with E-state index in [-0.39, 0.29) is 29.6 Å². The van der Waals surface area contributed by atoms with Crippen molar-refractivity contribution >= 4 is 11.6 Å². The molecule has 12 heavy (non-hydrogen) atoms. The number of nitriles is 2. The van der Waals surface area contributed by atoms with E-state index in [1.165, 1.54) is 0 Å². The number of alkyl halides is 3. The molecule has 0 saturated heterocycles. The molecular formula is C5HClF2N2NaO+. The fourth-order valence-corrected chi connectivity index (χ4v) is 0.367. The van der Waals surface area contributed by atoms with Gasteiger partial charge in [-0.25, -0.2) is 0 Å². The van der Waals surface area contributed by atoms with Gasteiger partial charge in [0.05, 0.1) is 0 Å². The average molecular weight is 202 g/mol. The summed E-state index contributed by atoms with van der Waals surface area (Å²) in [4.78, 5) is 0. The van der Waals surface area contributed by atoms with Crippen LogP contribution in [-0.2, 0) is 0 Å². The second kappa shape index (κ2) is 5.34. The minimum absolute atomic E-state index is 0. The van der Waals surface area contributed by atoms with Crippen LogP contribution in [0.4, 0.5) is 8.78 Å². The van der Waals surface area contributed by atoms with Crippen molar-refractivity contribution in [1.82, 2.24) is 0 Å². The van der Waals surface area contributed by atoms with Gasteiger partial charge in [0.1, 0.15) is 12.1 Å². The van der Waals surface area contributed by atoms with Crippen molar-refractivity contribution in [3.8, 4) is 12.1 Å². The number of aliphatic hydroxyl groups is 1. The molecule has 0 amide bonds. The summed E-state index contributed by atoms with van der Waals surface area (Å²) in [5.41, 5.74) is -1.09. The summed E-state index contributed by atoms with van der Waals surface area (Å²) < 4.78 is 23.8. The fraction of sp³-hybridized carbons (Fsp3) is 0.200. The van der Waals surface area contributed by atoms with E-state index in [9.17, 15) is 8.78 Å². The molecule has 0 aromatic carbocycles. The molecule has 0 aliphatic carbocycles. The SMILES string of the molecule is N#CC(C#N)=C(O)C(F)(F)Cl.[Na+]. The summed E-state index contributed by atoms with van der Waals surface area (Å²) >= 11 is 4.29. The summed E-state index contributed by atoms with van der Waals surface area (Å²) in [6.07, 6.45) is 0. The maximum absolute atomic E-state index is 11.9. The molecule has 0 unspecified atom stereocenters. The van der Waals surface area contributed by atoms with E-state index in [2.05, 4.69) is 11.6 Å². The van der Waals surface area contributed by atoms with E-state index in [0.717, 1.165) is 12.1 Å². The number of halogens is 3. The van der Waals surface area contributed by atoms with Crippen molar-refractivity contribution in [3.05, 3.63) is 11.3 Å². The Balaban J connectivity index is 0. The molecule has 0 heterocycles. The number of nitrogens with zero attached hydrogens (tertiary/aromatic N) is 2. The molecule has 0 aliphatic rings. The van der Waals surface area contributed by atoms with E-state index in [0.29, 0.717) is 0 Å². The first kappa shape index (κ1) is 14.2. The summed E-state index contributed by atoms with van der Waals surface area (Å²) in [5, 5.41) is 20.3. The summed E-state index contributed by atoms with van der Waals surface area (Å²) in [6.45, 7) is 0. The van der Waals surface area contributed by atoms with Crippen LogP contribution in [-0.4, -0.2) is 10.5 Å². The molecule has 3 nitrogen and oxygen atoms in total. The third-order valence-electron chi connectivity index (χ3n) is 0.729. The summed E-state index contributed by atoms with van der Waals surface area (Å²) in [7, 11) is 0. The smallest absolute Gasteiger partial charge is 0.504 e. The van der Waals surface area contributed by atoms with Gasteiger partial charge in [0.25, 0.3) is 0 Å². The Kier molecular flexibility index (Phi) is 6.32.